The third kappa shape index (κ3) is 3.93. The summed E-state index contributed by atoms with van der Waals surface area (Å²) in [6.45, 7) is -1.64. The van der Waals surface area contributed by atoms with Gasteiger partial charge in [-0.1, -0.05) is 16.8 Å². The lowest BCUT2D eigenvalue weighted by atomic mass is 10.0. The number of carbonyl (C=O) groups is 1. The van der Waals surface area contributed by atoms with Crippen LogP contribution in [0.5, 0.6) is 5.75 Å². The highest BCUT2D eigenvalue weighted by atomic mass is 35.5. The molecule has 1 fully saturated rings. The lowest BCUT2D eigenvalue weighted by molar-refractivity contribution is -0.153. The summed E-state index contributed by atoms with van der Waals surface area (Å²) < 4.78 is 59.8. The van der Waals surface area contributed by atoms with Crippen molar-refractivity contribution in [1.29, 1.82) is 0 Å². The number of carbonyl (C=O) groups excluding carboxylic acids is 1. The van der Waals surface area contributed by atoms with E-state index in [2.05, 4.69) is 5.16 Å². The summed E-state index contributed by atoms with van der Waals surface area (Å²) >= 11 is 5.97. The number of ketones is 1. The van der Waals surface area contributed by atoms with E-state index < -0.39 is 35.1 Å². The second kappa shape index (κ2) is 7.03. The molecule has 140 valence electrons. The fourth-order valence-corrected chi connectivity index (χ4v) is 3.73. The van der Waals surface area contributed by atoms with Crippen LogP contribution in [0.15, 0.2) is 27.7 Å². The van der Waals surface area contributed by atoms with E-state index in [0.29, 0.717) is 5.76 Å². The number of aromatic nitrogens is 1. The highest BCUT2D eigenvalue weighted by Gasteiger charge is 2.35. The zero-order chi connectivity index (χ0) is 19.1. The Kier molecular flexibility index (Phi) is 5.12. The highest BCUT2D eigenvalue weighted by Crippen LogP contribution is 2.43. The van der Waals surface area contributed by atoms with Gasteiger partial charge in [0.05, 0.1) is 38.0 Å². The van der Waals surface area contributed by atoms with Gasteiger partial charge in [-0.15, -0.1) is 0 Å². The third-order valence-electron chi connectivity index (χ3n) is 3.77. The largest absolute Gasteiger partial charge is 0.482 e. The maximum absolute atomic E-state index is 12.9. The van der Waals surface area contributed by atoms with Gasteiger partial charge >= 0.3 is 6.18 Å². The summed E-state index contributed by atoms with van der Waals surface area (Å²) in [4.78, 5) is 12.7. The number of alkyl halides is 3. The highest BCUT2D eigenvalue weighted by molar-refractivity contribution is 7.84. The van der Waals surface area contributed by atoms with E-state index in [0.717, 1.165) is 12.8 Å². The normalized spacial score (nSPS) is 15.7. The standard InChI is InChI=1S/C16H13ClF3NO4S/c1-26(23)15-11(17)5-4-9(14(15)24-7-16(18,19)20)12(22)10-6-21-25-13(10)8-2-3-8/h4-6,8H,2-3,7H2,1H3. The Balaban J connectivity index is 2.07. The van der Waals surface area contributed by atoms with Crippen molar-refractivity contribution >= 4 is 28.2 Å². The number of ether oxygens (including phenoxy) is 1. The monoisotopic (exact) mass is 407 g/mol. The Hall–Kier alpha value is -1.87. The van der Waals surface area contributed by atoms with Crippen LogP contribution < -0.4 is 4.74 Å². The van der Waals surface area contributed by atoms with Gasteiger partial charge in [0.25, 0.3) is 0 Å². The maximum atomic E-state index is 12.9. The zero-order valence-corrected chi connectivity index (χ0v) is 15.0. The average molecular weight is 408 g/mol. The Labute approximate surface area is 153 Å². The molecule has 1 aliphatic rings. The van der Waals surface area contributed by atoms with Crippen LogP contribution in [0.25, 0.3) is 0 Å². The molecule has 26 heavy (non-hydrogen) atoms. The van der Waals surface area contributed by atoms with Crippen molar-refractivity contribution in [3.8, 4) is 5.75 Å². The molecule has 1 aromatic heterocycles. The predicted octanol–water partition coefficient (Wildman–Crippen LogP) is 4.11. The summed E-state index contributed by atoms with van der Waals surface area (Å²) in [5.74, 6) is -0.591. The Bertz CT molecular complexity index is 877. The molecular formula is C16H13ClF3NO4S. The van der Waals surface area contributed by atoms with Gasteiger partial charge in [0, 0.05) is 12.2 Å². The van der Waals surface area contributed by atoms with Crippen LogP contribution in [0.3, 0.4) is 0 Å². The van der Waals surface area contributed by atoms with Gasteiger partial charge in [0.15, 0.2) is 12.4 Å². The first-order valence-electron chi connectivity index (χ1n) is 7.53. The van der Waals surface area contributed by atoms with Crippen molar-refractivity contribution in [3.63, 3.8) is 0 Å². The molecule has 0 aliphatic heterocycles. The van der Waals surface area contributed by atoms with E-state index in [9.17, 15) is 22.2 Å². The second-order valence-electron chi connectivity index (χ2n) is 5.82. The number of rotatable bonds is 6. The van der Waals surface area contributed by atoms with Gasteiger partial charge in [-0.2, -0.15) is 13.2 Å². The lowest BCUT2D eigenvalue weighted by Gasteiger charge is -2.16. The molecule has 1 heterocycles. The van der Waals surface area contributed by atoms with Gasteiger partial charge < -0.3 is 9.26 Å². The summed E-state index contributed by atoms with van der Waals surface area (Å²) in [6.07, 6.45) is -0.479. The molecule has 1 aliphatic carbocycles. The van der Waals surface area contributed by atoms with E-state index >= 15 is 0 Å². The number of halogens is 4. The minimum Gasteiger partial charge on any atom is -0.482 e. The Morgan fingerprint density at radius 3 is 2.65 bits per heavy atom. The molecule has 2 aromatic rings. The van der Waals surface area contributed by atoms with Crippen LogP contribution >= 0.6 is 11.6 Å². The molecule has 0 radical (unpaired) electrons. The van der Waals surface area contributed by atoms with Crippen molar-refractivity contribution in [2.75, 3.05) is 12.9 Å². The molecule has 1 saturated carbocycles. The molecule has 1 aromatic carbocycles. The summed E-state index contributed by atoms with van der Waals surface area (Å²) in [5, 5.41) is 3.57. The summed E-state index contributed by atoms with van der Waals surface area (Å²) in [7, 11) is -1.77. The predicted molar refractivity (Wildman–Crippen MR) is 87.2 cm³/mol. The molecule has 3 rings (SSSR count). The number of hydrogen-bond acceptors (Lipinski definition) is 5. The van der Waals surface area contributed by atoms with Gasteiger partial charge in [-0.25, -0.2) is 0 Å². The molecule has 0 amide bonds. The zero-order valence-electron chi connectivity index (χ0n) is 13.4. The number of benzene rings is 1. The molecule has 0 saturated heterocycles. The third-order valence-corrected chi connectivity index (χ3v) is 5.17. The number of hydrogen-bond donors (Lipinski definition) is 0. The fraction of sp³-hybridized carbons (Fsp3) is 0.375. The van der Waals surface area contributed by atoms with Crippen LogP contribution in [0, 0.1) is 0 Å². The van der Waals surface area contributed by atoms with Gasteiger partial charge in [-0.3, -0.25) is 9.00 Å². The van der Waals surface area contributed by atoms with E-state index in [1.807, 2.05) is 0 Å². The van der Waals surface area contributed by atoms with Crippen molar-refractivity contribution in [2.24, 2.45) is 0 Å². The lowest BCUT2D eigenvalue weighted by Crippen LogP contribution is -2.21. The molecular weight excluding hydrogens is 395 g/mol. The second-order valence-corrected chi connectivity index (χ2v) is 7.54. The smallest absolute Gasteiger partial charge is 0.422 e. The van der Waals surface area contributed by atoms with Crippen molar-refractivity contribution < 1.29 is 31.4 Å². The molecule has 1 atom stereocenters. The van der Waals surface area contributed by atoms with Crippen molar-refractivity contribution in [3.05, 3.63) is 40.2 Å². The first kappa shape index (κ1) is 18.9. The molecule has 10 heteroatoms. The van der Waals surface area contributed by atoms with Gasteiger partial charge in [0.2, 0.25) is 5.78 Å². The maximum Gasteiger partial charge on any atom is 0.422 e. The first-order chi connectivity index (χ1) is 12.2. The van der Waals surface area contributed by atoms with Crippen molar-refractivity contribution in [2.45, 2.75) is 29.8 Å². The fourth-order valence-electron chi connectivity index (χ4n) is 2.49. The van der Waals surface area contributed by atoms with Crippen LogP contribution in [0.4, 0.5) is 13.2 Å². The van der Waals surface area contributed by atoms with Crippen LogP contribution in [-0.2, 0) is 10.8 Å². The van der Waals surface area contributed by atoms with Gasteiger partial charge in [0.1, 0.15) is 5.75 Å². The van der Waals surface area contributed by atoms with Crippen molar-refractivity contribution in [1.82, 2.24) is 5.16 Å². The molecule has 1 unspecified atom stereocenters. The summed E-state index contributed by atoms with van der Waals surface area (Å²) in [6, 6.07) is 2.55. The van der Waals surface area contributed by atoms with Crippen LogP contribution in [0.1, 0.15) is 40.4 Å². The topological polar surface area (TPSA) is 69.4 Å². The average Bonchev–Trinajstić information content (AvgIpc) is 3.28. The van der Waals surface area contributed by atoms with Crippen LogP contribution in [-0.4, -0.2) is 34.2 Å². The first-order valence-corrected chi connectivity index (χ1v) is 9.47. The molecule has 5 nitrogen and oxygen atoms in total. The van der Waals surface area contributed by atoms with E-state index in [1.165, 1.54) is 24.6 Å². The molecule has 0 N–H and O–H groups in total. The Morgan fingerprint density at radius 1 is 1.38 bits per heavy atom. The Morgan fingerprint density at radius 2 is 2.08 bits per heavy atom. The van der Waals surface area contributed by atoms with E-state index in [-0.39, 0.29) is 27.0 Å². The minimum absolute atomic E-state index is 0.0488. The minimum atomic E-state index is -4.63. The molecule has 0 spiro atoms. The number of nitrogens with zero attached hydrogens (tertiary/aromatic N) is 1. The van der Waals surface area contributed by atoms with Gasteiger partial charge in [-0.05, 0) is 25.0 Å². The summed E-state index contributed by atoms with van der Waals surface area (Å²) in [5.41, 5.74) is -0.0199. The SMILES string of the molecule is CS(=O)c1c(Cl)ccc(C(=O)c2cnoc2C2CC2)c1OCC(F)(F)F. The van der Waals surface area contributed by atoms with Crippen LogP contribution in [0.2, 0.25) is 5.02 Å². The molecule has 0 bridgehead atoms. The quantitative estimate of drug-likeness (QED) is 0.674. The van der Waals surface area contributed by atoms with E-state index in [4.69, 9.17) is 20.9 Å². The van der Waals surface area contributed by atoms with E-state index in [1.54, 1.807) is 0 Å².